The van der Waals surface area contributed by atoms with Gasteiger partial charge in [0, 0.05) is 18.0 Å². The van der Waals surface area contributed by atoms with Gasteiger partial charge >= 0.3 is 0 Å². The fourth-order valence-electron chi connectivity index (χ4n) is 1.61. The van der Waals surface area contributed by atoms with Crippen molar-refractivity contribution in [2.45, 2.75) is 13.3 Å². The molecule has 0 unspecified atom stereocenters. The van der Waals surface area contributed by atoms with Crippen molar-refractivity contribution < 1.29 is 9.90 Å². The summed E-state index contributed by atoms with van der Waals surface area (Å²) in [7, 11) is 0. The van der Waals surface area contributed by atoms with Crippen LogP contribution in [0.4, 0.5) is 0 Å². The Morgan fingerprint density at radius 3 is 3.00 bits per heavy atom. The highest BCUT2D eigenvalue weighted by molar-refractivity contribution is 5.91. The number of benzene rings is 1. The van der Waals surface area contributed by atoms with Gasteiger partial charge in [0.1, 0.15) is 11.5 Å². The van der Waals surface area contributed by atoms with Gasteiger partial charge in [-0.1, -0.05) is 12.1 Å². The molecule has 0 amide bonds. The maximum absolute atomic E-state index is 11.0. The zero-order valence-corrected chi connectivity index (χ0v) is 7.87. The maximum atomic E-state index is 11.0. The number of carbonyl (C=O) groups is 1. The number of ketones is 1. The smallest absolute Gasteiger partial charge is 0.139 e. The van der Waals surface area contributed by atoms with E-state index in [0.29, 0.717) is 11.9 Å². The monoisotopic (exact) mass is 189 g/mol. The van der Waals surface area contributed by atoms with Crippen LogP contribution in [0.2, 0.25) is 0 Å². The van der Waals surface area contributed by atoms with E-state index in [9.17, 15) is 9.90 Å². The number of fused-ring (bicyclic) bond motifs is 1. The Balaban J connectivity index is 2.58. The molecule has 2 aromatic rings. The summed E-state index contributed by atoms with van der Waals surface area (Å²) in [5, 5.41) is 10.4. The van der Waals surface area contributed by atoms with Gasteiger partial charge in [0.25, 0.3) is 0 Å². The minimum Gasteiger partial charge on any atom is -0.506 e. The van der Waals surface area contributed by atoms with Gasteiger partial charge in [-0.2, -0.15) is 0 Å². The van der Waals surface area contributed by atoms with Gasteiger partial charge in [0.15, 0.2) is 0 Å². The van der Waals surface area contributed by atoms with Crippen molar-refractivity contribution in [3.63, 3.8) is 0 Å². The molecule has 1 aromatic heterocycles. The zero-order chi connectivity index (χ0) is 10.1. The summed E-state index contributed by atoms with van der Waals surface area (Å²) in [5.41, 5.74) is 1.63. The summed E-state index contributed by atoms with van der Waals surface area (Å²) >= 11 is 0. The van der Waals surface area contributed by atoms with E-state index in [-0.39, 0.29) is 11.5 Å². The predicted octanol–water partition coefficient (Wildman–Crippen LogP) is 2.00. The van der Waals surface area contributed by atoms with Crippen molar-refractivity contribution in [2.75, 3.05) is 0 Å². The normalized spacial score (nSPS) is 10.6. The molecule has 14 heavy (non-hydrogen) atoms. The molecule has 0 bridgehead atoms. The molecule has 0 saturated heterocycles. The standard InChI is InChI=1S/C11H11NO2/c1-7(13)5-8-6-12-11-9(8)3-2-4-10(11)14/h2-4,6,12,14H,5H2,1H3. The molecular formula is C11H11NO2. The first-order valence-electron chi connectivity index (χ1n) is 4.46. The topological polar surface area (TPSA) is 53.1 Å². The number of para-hydroxylation sites is 1. The van der Waals surface area contributed by atoms with Gasteiger partial charge < -0.3 is 10.1 Å². The van der Waals surface area contributed by atoms with Crippen molar-refractivity contribution in [2.24, 2.45) is 0 Å². The Bertz CT molecular complexity index is 485. The van der Waals surface area contributed by atoms with Gasteiger partial charge in [0.05, 0.1) is 5.52 Å². The third kappa shape index (κ3) is 1.37. The van der Waals surface area contributed by atoms with Gasteiger partial charge in [-0.3, -0.25) is 4.79 Å². The number of phenols is 1. The molecule has 1 heterocycles. The second-order valence-corrected chi connectivity index (χ2v) is 3.39. The number of rotatable bonds is 2. The minimum atomic E-state index is 0.120. The average Bonchev–Trinajstić information content (AvgIpc) is 2.49. The molecule has 1 aromatic carbocycles. The summed E-state index contributed by atoms with van der Waals surface area (Å²) in [6.45, 7) is 1.56. The number of aromatic hydroxyl groups is 1. The van der Waals surface area contributed by atoms with Crippen LogP contribution in [0.1, 0.15) is 12.5 Å². The first-order chi connectivity index (χ1) is 6.68. The summed E-state index contributed by atoms with van der Waals surface area (Å²) in [6, 6.07) is 5.29. The number of hydrogen-bond donors (Lipinski definition) is 2. The molecule has 2 rings (SSSR count). The molecule has 3 heteroatoms. The molecule has 0 fully saturated rings. The van der Waals surface area contributed by atoms with E-state index in [2.05, 4.69) is 4.98 Å². The van der Waals surface area contributed by atoms with Crippen molar-refractivity contribution in [3.05, 3.63) is 30.0 Å². The summed E-state index contributed by atoms with van der Waals surface area (Å²) < 4.78 is 0. The SMILES string of the molecule is CC(=O)Cc1c[nH]c2c(O)cccc12. The van der Waals surface area contributed by atoms with Gasteiger partial charge in [-0.05, 0) is 18.6 Å². The lowest BCUT2D eigenvalue weighted by Crippen LogP contribution is -1.94. The number of phenolic OH excluding ortho intramolecular Hbond substituents is 1. The van der Waals surface area contributed by atoms with Crippen LogP contribution in [0, 0.1) is 0 Å². The molecule has 0 aliphatic heterocycles. The third-order valence-corrected chi connectivity index (χ3v) is 2.22. The van der Waals surface area contributed by atoms with Gasteiger partial charge in [-0.15, -0.1) is 0 Å². The minimum absolute atomic E-state index is 0.120. The molecule has 3 nitrogen and oxygen atoms in total. The molecule has 72 valence electrons. The largest absolute Gasteiger partial charge is 0.506 e. The molecule has 0 aliphatic rings. The number of nitrogens with one attached hydrogen (secondary N) is 1. The number of aromatic nitrogens is 1. The highest BCUT2D eigenvalue weighted by atomic mass is 16.3. The Morgan fingerprint density at radius 2 is 2.29 bits per heavy atom. The molecular weight excluding hydrogens is 178 g/mol. The van der Waals surface area contributed by atoms with Crippen LogP contribution in [0.25, 0.3) is 10.9 Å². The van der Waals surface area contributed by atoms with Crippen LogP contribution in [0.15, 0.2) is 24.4 Å². The van der Waals surface area contributed by atoms with Crippen molar-refractivity contribution >= 4 is 16.7 Å². The van der Waals surface area contributed by atoms with E-state index in [4.69, 9.17) is 0 Å². The first kappa shape index (κ1) is 8.81. The summed E-state index contributed by atoms with van der Waals surface area (Å²) in [6.07, 6.45) is 2.18. The molecule has 0 spiro atoms. The van der Waals surface area contributed by atoms with Gasteiger partial charge in [-0.25, -0.2) is 0 Å². The summed E-state index contributed by atoms with van der Waals surface area (Å²) in [4.78, 5) is 13.9. The molecule has 0 aliphatic carbocycles. The number of H-pyrrole nitrogens is 1. The lowest BCUT2D eigenvalue weighted by atomic mass is 10.1. The van der Waals surface area contributed by atoms with Crippen LogP contribution >= 0.6 is 0 Å². The second kappa shape index (κ2) is 3.18. The fourth-order valence-corrected chi connectivity index (χ4v) is 1.61. The van der Waals surface area contributed by atoms with E-state index in [1.165, 1.54) is 0 Å². The summed E-state index contributed by atoms with van der Waals surface area (Å²) in [5.74, 6) is 0.339. The van der Waals surface area contributed by atoms with Crippen LogP contribution < -0.4 is 0 Å². The Labute approximate surface area is 81.4 Å². The highest BCUT2D eigenvalue weighted by Gasteiger charge is 2.07. The average molecular weight is 189 g/mol. The molecule has 0 atom stereocenters. The predicted molar refractivity (Wildman–Crippen MR) is 54.3 cm³/mol. The highest BCUT2D eigenvalue weighted by Crippen LogP contribution is 2.26. The Morgan fingerprint density at radius 1 is 1.50 bits per heavy atom. The molecule has 0 saturated carbocycles. The lowest BCUT2D eigenvalue weighted by molar-refractivity contribution is -0.116. The van der Waals surface area contributed by atoms with Gasteiger partial charge in [0.2, 0.25) is 0 Å². The van der Waals surface area contributed by atoms with Crippen LogP contribution in [0.5, 0.6) is 5.75 Å². The third-order valence-electron chi connectivity index (χ3n) is 2.22. The molecule has 0 radical (unpaired) electrons. The van der Waals surface area contributed by atoms with E-state index in [1.807, 2.05) is 6.07 Å². The van der Waals surface area contributed by atoms with E-state index < -0.39 is 0 Å². The van der Waals surface area contributed by atoms with Crippen molar-refractivity contribution in [1.29, 1.82) is 0 Å². The van der Waals surface area contributed by atoms with E-state index >= 15 is 0 Å². The second-order valence-electron chi connectivity index (χ2n) is 3.39. The number of Topliss-reactive ketones (excluding diaryl/α,β-unsaturated/α-hetero) is 1. The van der Waals surface area contributed by atoms with E-state index in [0.717, 1.165) is 10.9 Å². The maximum Gasteiger partial charge on any atom is 0.139 e. The van der Waals surface area contributed by atoms with Crippen LogP contribution in [-0.2, 0) is 11.2 Å². The Hall–Kier alpha value is -1.77. The Kier molecular flexibility index (Phi) is 2.00. The fraction of sp³-hybridized carbons (Fsp3) is 0.182. The molecule has 2 N–H and O–H groups in total. The first-order valence-corrected chi connectivity index (χ1v) is 4.46. The quantitative estimate of drug-likeness (QED) is 0.759. The number of aromatic amines is 1. The van der Waals surface area contributed by atoms with E-state index in [1.54, 1.807) is 25.3 Å². The van der Waals surface area contributed by atoms with Crippen molar-refractivity contribution in [1.82, 2.24) is 4.98 Å². The lowest BCUT2D eigenvalue weighted by Gasteiger charge is -1.96. The number of hydrogen-bond acceptors (Lipinski definition) is 2. The number of carbonyl (C=O) groups excluding carboxylic acids is 1. The van der Waals surface area contributed by atoms with Crippen molar-refractivity contribution in [3.8, 4) is 5.75 Å². The zero-order valence-electron chi connectivity index (χ0n) is 7.87. The van der Waals surface area contributed by atoms with Crippen LogP contribution in [0.3, 0.4) is 0 Å². The van der Waals surface area contributed by atoms with Crippen LogP contribution in [-0.4, -0.2) is 15.9 Å².